The van der Waals surface area contributed by atoms with E-state index in [-0.39, 0.29) is 11.7 Å². The molecule has 1 aliphatic heterocycles. The molecule has 6 nitrogen and oxygen atoms in total. The van der Waals surface area contributed by atoms with Crippen LogP contribution in [0.4, 0.5) is 10.1 Å². The number of anilines is 1. The van der Waals surface area contributed by atoms with Gasteiger partial charge in [-0.2, -0.15) is 0 Å². The van der Waals surface area contributed by atoms with Gasteiger partial charge in [-0.3, -0.25) is 9.69 Å². The molecule has 180 valence electrons. The van der Waals surface area contributed by atoms with Gasteiger partial charge in [0.25, 0.3) is 5.91 Å². The third kappa shape index (κ3) is 5.83. The maximum absolute atomic E-state index is 13.2. The van der Waals surface area contributed by atoms with Crippen molar-refractivity contribution < 1.29 is 9.18 Å². The van der Waals surface area contributed by atoms with Gasteiger partial charge < -0.3 is 14.6 Å². The van der Waals surface area contributed by atoms with Crippen LogP contribution < -0.4 is 10.2 Å². The number of nitrogens with zero attached hydrogens (tertiary/aromatic N) is 4. The van der Waals surface area contributed by atoms with E-state index < -0.39 is 0 Å². The van der Waals surface area contributed by atoms with Crippen LogP contribution in [0.15, 0.2) is 84.0 Å². The topological polar surface area (TPSA) is 52.9 Å². The minimum absolute atomic E-state index is 0.0481. The average molecular weight is 490 g/mol. The molecule has 0 atom stereocenters. The number of piperazine rings is 1. The Morgan fingerprint density at radius 1 is 0.971 bits per heavy atom. The van der Waals surface area contributed by atoms with E-state index in [0.29, 0.717) is 17.9 Å². The highest BCUT2D eigenvalue weighted by Gasteiger charge is 2.18. The summed E-state index contributed by atoms with van der Waals surface area (Å²) < 4.78 is 15.2. The van der Waals surface area contributed by atoms with Crippen molar-refractivity contribution in [1.82, 2.24) is 19.6 Å². The fraction of sp³-hybridized carbons (Fsp3) is 0.259. The van der Waals surface area contributed by atoms with Gasteiger partial charge in [0.2, 0.25) is 0 Å². The molecule has 0 aliphatic carbocycles. The van der Waals surface area contributed by atoms with Crippen molar-refractivity contribution in [3.63, 3.8) is 0 Å². The summed E-state index contributed by atoms with van der Waals surface area (Å²) in [6.07, 6.45) is 4.02. The Hall–Kier alpha value is -3.36. The van der Waals surface area contributed by atoms with E-state index in [9.17, 15) is 9.18 Å². The zero-order valence-corrected chi connectivity index (χ0v) is 20.3. The van der Waals surface area contributed by atoms with Gasteiger partial charge in [0.05, 0.1) is 11.3 Å². The van der Waals surface area contributed by atoms with Crippen LogP contribution >= 0.6 is 11.8 Å². The summed E-state index contributed by atoms with van der Waals surface area (Å²) in [5.74, 6) is 0.441. The molecule has 0 radical (unpaired) electrons. The lowest BCUT2D eigenvalue weighted by molar-refractivity contribution is 0.0945. The Morgan fingerprint density at radius 3 is 2.54 bits per heavy atom. The first-order valence-electron chi connectivity index (χ1n) is 11.8. The van der Waals surface area contributed by atoms with Crippen molar-refractivity contribution in [2.24, 2.45) is 0 Å². The maximum Gasteiger partial charge on any atom is 0.252 e. The van der Waals surface area contributed by atoms with Crippen LogP contribution in [0.1, 0.15) is 16.1 Å². The molecule has 0 saturated carbocycles. The number of benzene rings is 2. The van der Waals surface area contributed by atoms with Crippen molar-refractivity contribution in [2.75, 3.05) is 44.2 Å². The monoisotopic (exact) mass is 489 g/mol. The smallest absolute Gasteiger partial charge is 0.252 e. The average Bonchev–Trinajstić information content (AvgIpc) is 3.32. The number of hydrogen-bond acceptors (Lipinski definition) is 5. The van der Waals surface area contributed by atoms with Gasteiger partial charge >= 0.3 is 0 Å². The molecule has 35 heavy (non-hydrogen) atoms. The highest BCUT2D eigenvalue weighted by molar-refractivity contribution is 7.98. The lowest BCUT2D eigenvalue weighted by Crippen LogP contribution is -2.48. The van der Waals surface area contributed by atoms with Crippen LogP contribution in [-0.2, 0) is 5.75 Å². The number of pyridine rings is 1. The summed E-state index contributed by atoms with van der Waals surface area (Å²) in [5.41, 5.74) is 3.66. The van der Waals surface area contributed by atoms with Crippen LogP contribution in [0.5, 0.6) is 0 Å². The zero-order valence-electron chi connectivity index (χ0n) is 19.4. The lowest BCUT2D eigenvalue weighted by Gasteiger charge is -2.36. The summed E-state index contributed by atoms with van der Waals surface area (Å²) in [4.78, 5) is 23.1. The maximum atomic E-state index is 13.2. The number of halogens is 1. The first-order valence-corrected chi connectivity index (χ1v) is 12.8. The van der Waals surface area contributed by atoms with Crippen LogP contribution in [0.2, 0.25) is 0 Å². The van der Waals surface area contributed by atoms with E-state index in [2.05, 4.69) is 20.1 Å². The fourth-order valence-electron chi connectivity index (χ4n) is 4.29. The van der Waals surface area contributed by atoms with Crippen molar-refractivity contribution >= 4 is 29.0 Å². The third-order valence-corrected chi connectivity index (χ3v) is 7.31. The summed E-state index contributed by atoms with van der Waals surface area (Å²) in [6.45, 7) is 5.02. The SMILES string of the molecule is O=C(NCCN1CCN(c2ccc(F)cc2)CC1)c1ccccc1SCc1cn2ccccc2n1. The Kier molecular flexibility index (Phi) is 7.30. The van der Waals surface area contributed by atoms with Gasteiger partial charge in [-0.25, -0.2) is 9.37 Å². The predicted octanol–water partition coefficient (Wildman–Crippen LogP) is 4.32. The minimum Gasteiger partial charge on any atom is -0.369 e. The van der Waals surface area contributed by atoms with Gasteiger partial charge in [-0.15, -0.1) is 11.8 Å². The standard InChI is InChI=1S/C27H28FN5OS/c28-21-8-10-23(11-9-21)32-17-15-31(16-18-32)14-12-29-27(34)24-5-1-2-6-25(24)35-20-22-19-33-13-4-3-7-26(33)30-22/h1-11,13,19H,12,14-18,20H2,(H,29,34). The molecule has 3 heterocycles. The van der Waals surface area contributed by atoms with Crippen LogP contribution in [0.25, 0.3) is 5.65 Å². The number of rotatable bonds is 8. The van der Waals surface area contributed by atoms with E-state index in [0.717, 1.165) is 54.6 Å². The Morgan fingerprint density at radius 2 is 1.74 bits per heavy atom. The quantitative estimate of drug-likeness (QED) is 0.374. The fourth-order valence-corrected chi connectivity index (χ4v) is 5.23. The predicted molar refractivity (Wildman–Crippen MR) is 139 cm³/mol. The highest BCUT2D eigenvalue weighted by Crippen LogP contribution is 2.26. The Bertz CT molecular complexity index is 1250. The van der Waals surface area contributed by atoms with Gasteiger partial charge in [0.1, 0.15) is 11.5 Å². The van der Waals surface area contributed by atoms with Gasteiger partial charge in [0, 0.05) is 68.0 Å². The number of carbonyl (C=O) groups excluding carboxylic acids is 1. The lowest BCUT2D eigenvalue weighted by atomic mass is 10.2. The van der Waals surface area contributed by atoms with E-state index in [1.54, 1.807) is 11.8 Å². The van der Waals surface area contributed by atoms with E-state index in [1.807, 2.05) is 71.4 Å². The first kappa shape index (κ1) is 23.4. The molecule has 1 fully saturated rings. The number of aromatic nitrogens is 2. The van der Waals surface area contributed by atoms with Gasteiger partial charge in [-0.05, 0) is 48.5 Å². The molecule has 0 unspecified atom stereocenters. The minimum atomic E-state index is -0.210. The molecule has 5 rings (SSSR count). The number of hydrogen-bond donors (Lipinski definition) is 1. The molecule has 1 aliphatic rings. The van der Waals surface area contributed by atoms with Crippen LogP contribution in [-0.4, -0.2) is 59.5 Å². The van der Waals surface area contributed by atoms with Gasteiger partial charge in [0.15, 0.2) is 0 Å². The molecular weight excluding hydrogens is 461 g/mol. The van der Waals surface area contributed by atoms with E-state index >= 15 is 0 Å². The number of thioether (sulfide) groups is 1. The van der Waals surface area contributed by atoms with E-state index in [4.69, 9.17) is 0 Å². The van der Waals surface area contributed by atoms with Crippen molar-refractivity contribution in [3.8, 4) is 0 Å². The van der Waals surface area contributed by atoms with Crippen LogP contribution in [0, 0.1) is 5.82 Å². The molecule has 1 N–H and O–H groups in total. The molecule has 2 aromatic carbocycles. The molecule has 0 spiro atoms. The number of carbonyl (C=O) groups is 1. The van der Waals surface area contributed by atoms with Crippen molar-refractivity contribution in [3.05, 3.63) is 96.2 Å². The second kappa shape index (κ2) is 10.9. The number of amides is 1. The van der Waals surface area contributed by atoms with Crippen molar-refractivity contribution in [2.45, 2.75) is 10.6 Å². The molecule has 2 aromatic heterocycles. The second-order valence-corrected chi connectivity index (χ2v) is 9.56. The summed E-state index contributed by atoms with van der Waals surface area (Å²) >= 11 is 1.63. The Balaban J connectivity index is 1.10. The number of nitrogens with one attached hydrogen (secondary N) is 1. The molecule has 8 heteroatoms. The number of imidazole rings is 1. The van der Waals surface area contributed by atoms with E-state index in [1.165, 1.54) is 12.1 Å². The normalized spacial score (nSPS) is 14.4. The second-order valence-electron chi connectivity index (χ2n) is 8.54. The summed E-state index contributed by atoms with van der Waals surface area (Å²) in [7, 11) is 0. The molecule has 1 amide bonds. The van der Waals surface area contributed by atoms with Crippen LogP contribution in [0.3, 0.4) is 0 Å². The molecule has 1 saturated heterocycles. The van der Waals surface area contributed by atoms with Crippen molar-refractivity contribution in [1.29, 1.82) is 0 Å². The highest BCUT2D eigenvalue weighted by atomic mass is 32.2. The zero-order chi connectivity index (χ0) is 24.0. The Labute approximate surface area is 208 Å². The third-order valence-electron chi connectivity index (χ3n) is 6.20. The number of fused-ring (bicyclic) bond motifs is 1. The summed E-state index contributed by atoms with van der Waals surface area (Å²) in [6, 6.07) is 20.3. The first-order chi connectivity index (χ1) is 17.2. The molecule has 0 bridgehead atoms. The summed E-state index contributed by atoms with van der Waals surface area (Å²) in [5, 5.41) is 3.09. The molecule has 4 aromatic rings. The molecular formula is C27H28FN5OS. The van der Waals surface area contributed by atoms with Gasteiger partial charge in [-0.1, -0.05) is 18.2 Å². The largest absolute Gasteiger partial charge is 0.369 e.